The van der Waals surface area contributed by atoms with Crippen molar-refractivity contribution in [2.45, 2.75) is 6.92 Å². The normalized spacial score (nSPS) is 10.8. The van der Waals surface area contributed by atoms with E-state index in [0.717, 1.165) is 31.1 Å². The SMILES string of the molecule is Cc1ccc2c(Br)ncc(Br)c2c1N. The number of pyridine rings is 1. The molecular formula is C10H8Br2N2. The Hall–Kier alpha value is -0.610. The van der Waals surface area contributed by atoms with Gasteiger partial charge in [-0.2, -0.15) is 0 Å². The highest BCUT2D eigenvalue weighted by Gasteiger charge is 2.08. The third-order valence-corrected chi connectivity index (χ3v) is 3.45. The number of anilines is 1. The smallest absolute Gasteiger partial charge is 0.114 e. The van der Waals surface area contributed by atoms with Crippen molar-refractivity contribution < 1.29 is 0 Å². The van der Waals surface area contributed by atoms with Crippen molar-refractivity contribution in [2.24, 2.45) is 0 Å². The highest BCUT2D eigenvalue weighted by Crippen LogP contribution is 2.33. The lowest BCUT2D eigenvalue weighted by Crippen LogP contribution is -1.93. The fraction of sp³-hybridized carbons (Fsp3) is 0.100. The van der Waals surface area contributed by atoms with Crippen LogP contribution < -0.4 is 5.73 Å². The molecule has 0 bridgehead atoms. The maximum atomic E-state index is 6.01. The van der Waals surface area contributed by atoms with E-state index in [1.54, 1.807) is 6.20 Å². The number of fused-ring (bicyclic) bond motifs is 1. The number of hydrogen-bond acceptors (Lipinski definition) is 2. The van der Waals surface area contributed by atoms with Crippen LogP contribution in [0.15, 0.2) is 27.4 Å². The van der Waals surface area contributed by atoms with Crippen LogP contribution in [0.25, 0.3) is 10.8 Å². The summed E-state index contributed by atoms with van der Waals surface area (Å²) in [6.07, 6.45) is 1.75. The fourth-order valence-electron chi connectivity index (χ4n) is 1.40. The van der Waals surface area contributed by atoms with Gasteiger partial charge >= 0.3 is 0 Å². The molecule has 1 aromatic heterocycles. The summed E-state index contributed by atoms with van der Waals surface area (Å²) in [7, 11) is 0. The van der Waals surface area contributed by atoms with Gasteiger partial charge in [-0.25, -0.2) is 4.98 Å². The minimum absolute atomic E-state index is 0.803. The van der Waals surface area contributed by atoms with Gasteiger partial charge in [0.25, 0.3) is 0 Å². The van der Waals surface area contributed by atoms with Crippen molar-refractivity contribution in [3.8, 4) is 0 Å². The van der Waals surface area contributed by atoms with Crippen molar-refractivity contribution in [2.75, 3.05) is 5.73 Å². The van der Waals surface area contributed by atoms with E-state index < -0.39 is 0 Å². The van der Waals surface area contributed by atoms with Crippen LogP contribution in [0.3, 0.4) is 0 Å². The first-order chi connectivity index (χ1) is 6.61. The molecule has 0 unspecified atom stereocenters. The number of benzene rings is 1. The molecule has 72 valence electrons. The lowest BCUT2D eigenvalue weighted by atomic mass is 10.1. The average Bonchev–Trinajstić information content (AvgIpc) is 2.16. The first-order valence-electron chi connectivity index (χ1n) is 4.10. The van der Waals surface area contributed by atoms with Crippen molar-refractivity contribution >= 4 is 48.3 Å². The monoisotopic (exact) mass is 314 g/mol. The van der Waals surface area contributed by atoms with Gasteiger partial charge in [0.05, 0.1) is 0 Å². The third kappa shape index (κ3) is 1.42. The quantitative estimate of drug-likeness (QED) is 0.595. The predicted octanol–water partition coefficient (Wildman–Crippen LogP) is 3.65. The zero-order valence-electron chi connectivity index (χ0n) is 7.51. The van der Waals surface area contributed by atoms with Gasteiger partial charge in [0.15, 0.2) is 0 Å². The molecular weight excluding hydrogens is 308 g/mol. The summed E-state index contributed by atoms with van der Waals surface area (Å²) in [5.74, 6) is 0. The van der Waals surface area contributed by atoms with Gasteiger partial charge in [0.2, 0.25) is 0 Å². The number of nitrogens with zero attached hydrogens (tertiary/aromatic N) is 1. The number of aromatic nitrogens is 1. The van der Waals surface area contributed by atoms with Crippen LogP contribution in [0.5, 0.6) is 0 Å². The molecule has 2 rings (SSSR count). The number of aryl methyl sites for hydroxylation is 1. The Kier molecular flexibility index (Phi) is 2.49. The molecule has 0 spiro atoms. The molecule has 1 heterocycles. The van der Waals surface area contributed by atoms with Gasteiger partial charge in [-0.3, -0.25) is 0 Å². The minimum atomic E-state index is 0.803. The molecule has 0 saturated heterocycles. The summed E-state index contributed by atoms with van der Waals surface area (Å²) in [5.41, 5.74) is 7.89. The summed E-state index contributed by atoms with van der Waals surface area (Å²) in [6, 6.07) is 4.01. The van der Waals surface area contributed by atoms with Gasteiger partial charge in [-0.1, -0.05) is 12.1 Å². The Labute approximate surface area is 98.8 Å². The van der Waals surface area contributed by atoms with E-state index in [-0.39, 0.29) is 0 Å². The Balaban J connectivity index is 3.01. The largest absolute Gasteiger partial charge is 0.398 e. The van der Waals surface area contributed by atoms with Crippen LogP contribution in [0.4, 0.5) is 5.69 Å². The second-order valence-electron chi connectivity index (χ2n) is 3.12. The molecule has 0 amide bonds. The van der Waals surface area contributed by atoms with Crippen molar-refractivity contribution in [3.63, 3.8) is 0 Å². The second-order valence-corrected chi connectivity index (χ2v) is 4.72. The molecule has 2 nitrogen and oxygen atoms in total. The molecule has 0 fully saturated rings. The first kappa shape index (κ1) is 9.93. The molecule has 0 atom stereocenters. The van der Waals surface area contributed by atoms with E-state index >= 15 is 0 Å². The highest BCUT2D eigenvalue weighted by atomic mass is 79.9. The predicted molar refractivity (Wildman–Crippen MR) is 66.3 cm³/mol. The van der Waals surface area contributed by atoms with E-state index in [4.69, 9.17) is 5.73 Å². The Morgan fingerprint density at radius 3 is 2.71 bits per heavy atom. The van der Waals surface area contributed by atoms with Crippen LogP contribution in [0.2, 0.25) is 0 Å². The molecule has 0 radical (unpaired) electrons. The van der Waals surface area contributed by atoms with Gasteiger partial charge in [-0.05, 0) is 44.3 Å². The standard InChI is InChI=1S/C10H8Br2N2/c1-5-2-3-6-8(9(5)13)7(11)4-14-10(6)12/h2-4H,13H2,1H3. The van der Waals surface area contributed by atoms with Crippen LogP contribution in [-0.2, 0) is 0 Å². The molecule has 0 aliphatic heterocycles. The van der Waals surface area contributed by atoms with E-state index in [9.17, 15) is 0 Å². The lowest BCUT2D eigenvalue weighted by Gasteiger charge is -2.08. The minimum Gasteiger partial charge on any atom is -0.398 e. The summed E-state index contributed by atoms with van der Waals surface area (Å²) in [4.78, 5) is 4.19. The lowest BCUT2D eigenvalue weighted by molar-refractivity contribution is 1.30. The molecule has 2 aromatic rings. The van der Waals surface area contributed by atoms with E-state index in [1.165, 1.54) is 0 Å². The Morgan fingerprint density at radius 1 is 1.29 bits per heavy atom. The molecule has 2 N–H and O–H groups in total. The Bertz CT molecular complexity index is 509. The summed E-state index contributed by atoms with van der Waals surface area (Å²) in [5, 5.41) is 2.05. The van der Waals surface area contributed by atoms with E-state index in [1.807, 2.05) is 19.1 Å². The number of hydrogen-bond donors (Lipinski definition) is 1. The topological polar surface area (TPSA) is 38.9 Å². The highest BCUT2D eigenvalue weighted by molar-refractivity contribution is 9.11. The average molecular weight is 316 g/mol. The molecule has 0 saturated carbocycles. The van der Waals surface area contributed by atoms with E-state index in [0.29, 0.717) is 0 Å². The van der Waals surface area contributed by atoms with Gasteiger partial charge < -0.3 is 5.73 Å². The zero-order chi connectivity index (χ0) is 10.3. The van der Waals surface area contributed by atoms with Gasteiger partial charge in [-0.15, -0.1) is 0 Å². The third-order valence-electron chi connectivity index (χ3n) is 2.22. The maximum Gasteiger partial charge on any atom is 0.114 e. The number of nitrogens with two attached hydrogens (primary N) is 1. The van der Waals surface area contributed by atoms with Crippen LogP contribution in [0.1, 0.15) is 5.56 Å². The van der Waals surface area contributed by atoms with Crippen LogP contribution >= 0.6 is 31.9 Å². The van der Waals surface area contributed by atoms with Crippen molar-refractivity contribution in [1.29, 1.82) is 0 Å². The van der Waals surface area contributed by atoms with Gasteiger partial charge in [0.1, 0.15) is 4.60 Å². The molecule has 14 heavy (non-hydrogen) atoms. The van der Waals surface area contributed by atoms with E-state index in [2.05, 4.69) is 36.8 Å². The summed E-state index contributed by atoms with van der Waals surface area (Å²) >= 11 is 6.85. The summed E-state index contributed by atoms with van der Waals surface area (Å²) in [6.45, 7) is 2.00. The maximum absolute atomic E-state index is 6.01. The van der Waals surface area contributed by atoms with Crippen molar-refractivity contribution in [1.82, 2.24) is 4.98 Å². The Morgan fingerprint density at radius 2 is 2.00 bits per heavy atom. The second kappa shape index (κ2) is 3.51. The fourth-order valence-corrected chi connectivity index (χ4v) is 2.36. The number of halogens is 2. The molecule has 0 aliphatic rings. The zero-order valence-corrected chi connectivity index (χ0v) is 10.7. The molecule has 0 aliphatic carbocycles. The number of nitrogen functional groups attached to an aromatic ring is 1. The number of rotatable bonds is 0. The van der Waals surface area contributed by atoms with Crippen LogP contribution in [-0.4, -0.2) is 4.98 Å². The molecule has 4 heteroatoms. The molecule has 1 aromatic carbocycles. The van der Waals surface area contributed by atoms with Crippen LogP contribution in [0, 0.1) is 6.92 Å². The summed E-state index contributed by atoms with van der Waals surface area (Å²) < 4.78 is 1.75. The van der Waals surface area contributed by atoms with Crippen molar-refractivity contribution in [3.05, 3.63) is 33.0 Å². The van der Waals surface area contributed by atoms with Gasteiger partial charge in [0, 0.05) is 27.1 Å². The first-order valence-corrected chi connectivity index (χ1v) is 5.68.